The van der Waals surface area contributed by atoms with Crippen LogP contribution in [-0.4, -0.2) is 40.6 Å². The molecule has 7 heteroatoms. The van der Waals surface area contributed by atoms with E-state index in [4.69, 9.17) is 16.3 Å². The van der Waals surface area contributed by atoms with E-state index in [0.29, 0.717) is 23.3 Å². The highest BCUT2D eigenvalue weighted by atomic mass is 35.5. The topological polar surface area (TPSA) is 66.8 Å². The summed E-state index contributed by atoms with van der Waals surface area (Å²) >= 11 is 5.99. The van der Waals surface area contributed by atoms with Crippen LogP contribution in [-0.2, 0) is 17.6 Å². The Labute approximate surface area is 221 Å². The lowest BCUT2D eigenvalue weighted by Crippen LogP contribution is -2.47. The molecule has 2 unspecified atom stereocenters. The first-order valence-electron chi connectivity index (χ1n) is 12.3. The molecule has 0 saturated heterocycles. The molecule has 194 valence electrons. The van der Waals surface area contributed by atoms with E-state index >= 15 is 0 Å². The van der Waals surface area contributed by atoms with Crippen LogP contribution in [0.1, 0.15) is 60.3 Å². The van der Waals surface area contributed by atoms with Crippen molar-refractivity contribution in [2.75, 3.05) is 6.54 Å². The highest BCUT2D eigenvalue weighted by molar-refractivity contribution is 6.30. The van der Waals surface area contributed by atoms with Gasteiger partial charge in [0.05, 0.1) is 18.2 Å². The third kappa shape index (κ3) is 6.56. The van der Waals surface area contributed by atoms with Gasteiger partial charge < -0.3 is 14.7 Å². The number of aliphatic hydroxyl groups is 1. The Morgan fingerprint density at radius 1 is 1.11 bits per heavy atom. The number of fused-ring (bicyclic) bond motifs is 1. The summed E-state index contributed by atoms with van der Waals surface area (Å²) in [5.74, 6) is -0.552. The number of aryl methyl sites for hydroxylation is 1. The minimum atomic E-state index is -0.904. The number of carbonyl (C=O) groups excluding carboxylic acids is 2. The lowest BCUT2D eigenvalue weighted by Gasteiger charge is -2.37. The smallest absolute Gasteiger partial charge is 0.410 e. The molecule has 3 aromatic carbocycles. The quantitative estimate of drug-likeness (QED) is 0.361. The van der Waals surface area contributed by atoms with Crippen molar-refractivity contribution in [2.45, 2.75) is 57.8 Å². The molecule has 0 fully saturated rings. The van der Waals surface area contributed by atoms with E-state index in [9.17, 15) is 19.1 Å². The van der Waals surface area contributed by atoms with E-state index in [1.807, 2.05) is 39.0 Å². The summed E-state index contributed by atoms with van der Waals surface area (Å²) in [6.45, 7) is 5.53. The van der Waals surface area contributed by atoms with Gasteiger partial charge in [-0.25, -0.2) is 9.18 Å². The van der Waals surface area contributed by atoms with Gasteiger partial charge in [0.1, 0.15) is 11.4 Å². The average Bonchev–Trinajstić information content (AvgIpc) is 2.86. The van der Waals surface area contributed by atoms with Gasteiger partial charge in [0.2, 0.25) is 0 Å². The predicted molar refractivity (Wildman–Crippen MR) is 142 cm³/mol. The van der Waals surface area contributed by atoms with E-state index in [1.54, 1.807) is 41.3 Å². The molecule has 37 heavy (non-hydrogen) atoms. The van der Waals surface area contributed by atoms with Gasteiger partial charge in [0.25, 0.3) is 0 Å². The number of ether oxygens (including phenoxy) is 1. The lowest BCUT2D eigenvalue weighted by atomic mass is 9.85. The molecule has 1 N–H and O–H groups in total. The average molecular weight is 524 g/mol. The first-order chi connectivity index (χ1) is 17.5. The zero-order valence-electron chi connectivity index (χ0n) is 21.2. The molecule has 0 spiro atoms. The maximum Gasteiger partial charge on any atom is 0.410 e. The molecule has 1 amide bonds. The fourth-order valence-electron chi connectivity index (χ4n) is 4.67. The molecule has 0 bridgehead atoms. The standard InChI is InChI=1S/C30H31ClFNO4/c1-30(2,3)37-29(36)33(17-28(35)20-6-10-25(31)11-7-20)26-12-8-19-4-5-21(14-23(19)16-26)22-9-13-27(32)24(15-22)18-34/h4-7,9-11,13-15,18,26,28,35H,8,12,16-17H2,1-3H3. The second kappa shape index (κ2) is 11.0. The van der Waals surface area contributed by atoms with Crippen molar-refractivity contribution in [3.05, 3.63) is 93.8 Å². The molecule has 3 aromatic rings. The molecule has 4 rings (SSSR count). The van der Waals surface area contributed by atoms with Crippen LogP contribution in [0.4, 0.5) is 9.18 Å². The maximum atomic E-state index is 13.8. The lowest BCUT2D eigenvalue weighted by molar-refractivity contribution is 0.00195. The highest BCUT2D eigenvalue weighted by Gasteiger charge is 2.33. The molecule has 0 saturated carbocycles. The van der Waals surface area contributed by atoms with Crippen molar-refractivity contribution in [1.29, 1.82) is 0 Å². The van der Waals surface area contributed by atoms with Gasteiger partial charge >= 0.3 is 6.09 Å². The summed E-state index contributed by atoms with van der Waals surface area (Å²) in [6, 6.07) is 17.3. The van der Waals surface area contributed by atoms with Gasteiger partial charge in [-0.1, -0.05) is 48.0 Å². The Morgan fingerprint density at radius 2 is 1.78 bits per heavy atom. The van der Waals surface area contributed by atoms with E-state index in [0.717, 1.165) is 29.5 Å². The normalized spacial score (nSPS) is 16.0. The molecule has 0 aliphatic heterocycles. The van der Waals surface area contributed by atoms with Crippen molar-refractivity contribution in [1.82, 2.24) is 4.90 Å². The Morgan fingerprint density at radius 3 is 2.46 bits per heavy atom. The van der Waals surface area contributed by atoms with Crippen LogP contribution < -0.4 is 0 Å². The summed E-state index contributed by atoms with van der Waals surface area (Å²) in [5, 5.41) is 11.5. The Balaban J connectivity index is 1.61. The molecule has 2 atom stereocenters. The monoisotopic (exact) mass is 523 g/mol. The number of aldehydes is 1. The summed E-state index contributed by atoms with van der Waals surface area (Å²) in [6.07, 6.45) is 1.21. The van der Waals surface area contributed by atoms with Gasteiger partial charge in [-0.05, 0) is 92.1 Å². The molecule has 1 aliphatic rings. The highest BCUT2D eigenvalue weighted by Crippen LogP contribution is 2.32. The van der Waals surface area contributed by atoms with Crippen molar-refractivity contribution >= 4 is 24.0 Å². The fourth-order valence-corrected chi connectivity index (χ4v) is 4.79. The molecule has 0 aromatic heterocycles. The number of halogens is 2. The number of aliphatic hydroxyl groups excluding tert-OH is 1. The van der Waals surface area contributed by atoms with E-state index in [1.165, 1.54) is 11.6 Å². The summed E-state index contributed by atoms with van der Waals surface area (Å²) in [4.78, 5) is 26.1. The van der Waals surface area contributed by atoms with Crippen molar-refractivity contribution < 1.29 is 23.8 Å². The van der Waals surface area contributed by atoms with Crippen molar-refractivity contribution in [3.8, 4) is 11.1 Å². The van der Waals surface area contributed by atoms with Gasteiger partial charge in [0.15, 0.2) is 6.29 Å². The van der Waals surface area contributed by atoms with Crippen molar-refractivity contribution in [3.63, 3.8) is 0 Å². The zero-order chi connectivity index (χ0) is 26.7. The molecule has 0 heterocycles. The number of carbonyl (C=O) groups is 2. The molecule has 0 radical (unpaired) electrons. The van der Waals surface area contributed by atoms with Gasteiger partial charge in [0, 0.05) is 11.1 Å². The number of hydrogen-bond acceptors (Lipinski definition) is 4. The van der Waals surface area contributed by atoms with Crippen LogP contribution in [0.5, 0.6) is 0 Å². The van der Waals surface area contributed by atoms with Crippen LogP contribution >= 0.6 is 11.6 Å². The minimum Gasteiger partial charge on any atom is -0.444 e. The molecular weight excluding hydrogens is 493 g/mol. The van der Waals surface area contributed by atoms with Gasteiger partial charge in [-0.2, -0.15) is 0 Å². The second-order valence-electron chi connectivity index (χ2n) is 10.4. The summed E-state index contributed by atoms with van der Waals surface area (Å²) < 4.78 is 19.5. The number of nitrogens with zero attached hydrogens (tertiary/aromatic N) is 1. The van der Waals surface area contributed by atoms with Crippen LogP contribution in [0.25, 0.3) is 11.1 Å². The molecular formula is C30H31ClFNO4. The van der Waals surface area contributed by atoms with Crippen LogP contribution in [0.3, 0.4) is 0 Å². The first kappa shape index (κ1) is 26.8. The third-order valence-electron chi connectivity index (χ3n) is 6.56. The number of amides is 1. The fraction of sp³-hybridized carbons (Fsp3) is 0.333. The van der Waals surface area contributed by atoms with Gasteiger partial charge in [-0.3, -0.25) is 4.79 Å². The van der Waals surface area contributed by atoms with E-state index in [-0.39, 0.29) is 18.2 Å². The Hall–Kier alpha value is -3.22. The summed E-state index contributed by atoms with van der Waals surface area (Å²) in [7, 11) is 0. The Bertz CT molecular complexity index is 1290. The number of benzene rings is 3. The van der Waals surface area contributed by atoms with Crippen LogP contribution in [0, 0.1) is 5.82 Å². The summed E-state index contributed by atoms with van der Waals surface area (Å²) in [5.41, 5.74) is 3.86. The van der Waals surface area contributed by atoms with Crippen LogP contribution in [0.15, 0.2) is 60.7 Å². The van der Waals surface area contributed by atoms with Crippen LogP contribution in [0.2, 0.25) is 5.02 Å². The largest absolute Gasteiger partial charge is 0.444 e. The number of hydrogen-bond donors (Lipinski definition) is 1. The van der Waals surface area contributed by atoms with Gasteiger partial charge in [-0.15, -0.1) is 0 Å². The molecule has 1 aliphatic carbocycles. The second-order valence-corrected chi connectivity index (χ2v) is 10.9. The minimum absolute atomic E-state index is 0.0142. The number of rotatable bonds is 6. The zero-order valence-corrected chi connectivity index (χ0v) is 22.0. The SMILES string of the molecule is CC(C)(C)OC(=O)N(CC(O)c1ccc(Cl)cc1)C1CCc2ccc(-c3ccc(F)c(C=O)c3)cc2C1. The maximum absolute atomic E-state index is 13.8. The predicted octanol–water partition coefficient (Wildman–Crippen LogP) is 6.79. The Kier molecular flexibility index (Phi) is 8.00. The first-order valence-corrected chi connectivity index (χ1v) is 12.7. The molecule has 5 nitrogen and oxygen atoms in total. The van der Waals surface area contributed by atoms with E-state index < -0.39 is 23.6 Å². The third-order valence-corrected chi connectivity index (χ3v) is 6.81. The van der Waals surface area contributed by atoms with E-state index in [2.05, 4.69) is 0 Å². The van der Waals surface area contributed by atoms with Crippen molar-refractivity contribution in [2.24, 2.45) is 0 Å².